The molecule has 0 fully saturated rings. The highest BCUT2D eigenvalue weighted by molar-refractivity contribution is 5.75. The molecular weight excluding hydrogens is 230 g/mol. The van der Waals surface area contributed by atoms with Crippen LogP contribution in [0.25, 0.3) is 0 Å². The third-order valence-electron chi connectivity index (χ3n) is 3.04. The number of amides is 1. The Bertz CT molecular complexity index is 541. The van der Waals surface area contributed by atoms with Crippen LogP contribution in [-0.2, 0) is 17.9 Å². The van der Waals surface area contributed by atoms with Crippen LogP contribution in [0.2, 0.25) is 0 Å². The van der Waals surface area contributed by atoms with Crippen LogP contribution in [0.15, 0.2) is 12.4 Å². The summed E-state index contributed by atoms with van der Waals surface area (Å²) in [6, 6.07) is 0. The summed E-state index contributed by atoms with van der Waals surface area (Å²) in [5.74, 6) is 0.671. The third-order valence-corrected chi connectivity index (χ3v) is 3.04. The molecule has 6 heteroatoms. The molecule has 0 spiro atoms. The fraction of sp³-hybridized carbons (Fsp3) is 0.417. The lowest BCUT2D eigenvalue weighted by atomic mass is 10.2. The van der Waals surface area contributed by atoms with Crippen molar-refractivity contribution in [3.63, 3.8) is 0 Å². The summed E-state index contributed by atoms with van der Waals surface area (Å²) in [6.45, 7) is 6.56. The average Bonchev–Trinajstić information content (AvgIpc) is 2.93. The van der Waals surface area contributed by atoms with Crippen molar-refractivity contribution in [3.05, 3.63) is 35.2 Å². The second kappa shape index (κ2) is 5.03. The molecule has 0 unspecified atom stereocenters. The van der Waals surface area contributed by atoms with E-state index in [1.165, 1.54) is 0 Å². The van der Waals surface area contributed by atoms with Crippen molar-refractivity contribution in [2.24, 2.45) is 0 Å². The van der Waals surface area contributed by atoms with E-state index in [4.69, 9.17) is 0 Å². The largest absolute Gasteiger partial charge is 0.347 e. The van der Waals surface area contributed by atoms with Gasteiger partial charge in [0.1, 0.15) is 12.4 Å². The number of nitrogens with zero attached hydrogens (tertiary/aromatic N) is 3. The van der Waals surface area contributed by atoms with Crippen LogP contribution >= 0.6 is 0 Å². The molecule has 2 heterocycles. The van der Waals surface area contributed by atoms with Gasteiger partial charge in [0.2, 0.25) is 5.91 Å². The van der Waals surface area contributed by atoms with Gasteiger partial charge in [-0.2, -0.15) is 5.10 Å². The molecule has 0 atom stereocenters. The van der Waals surface area contributed by atoms with Gasteiger partial charge in [-0.25, -0.2) is 4.98 Å². The molecule has 0 saturated heterocycles. The molecule has 0 bridgehead atoms. The zero-order valence-electron chi connectivity index (χ0n) is 10.8. The number of H-pyrrole nitrogens is 1. The molecule has 0 aliphatic rings. The van der Waals surface area contributed by atoms with Crippen molar-refractivity contribution < 1.29 is 4.79 Å². The molecule has 2 aromatic heterocycles. The maximum absolute atomic E-state index is 11.8. The quantitative estimate of drug-likeness (QED) is 0.841. The molecule has 0 aliphatic carbocycles. The van der Waals surface area contributed by atoms with Gasteiger partial charge in [-0.15, -0.1) is 0 Å². The average molecular weight is 247 g/mol. The standard InChI is InChI=1S/C12H17N5O/c1-8-9(2)16-17(10(8)3)7-12(18)15-6-11-13-4-5-14-11/h4-5H,6-7H2,1-3H3,(H,13,14)(H,15,18). The number of rotatable bonds is 4. The van der Waals surface area contributed by atoms with Gasteiger partial charge in [-0.1, -0.05) is 0 Å². The molecule has 96 valence electrons. The normalized spacial score (nSPS) is 10.6. The molecule has 18 heavy (non-hydrogen) atoms. The van der Waals surface area contributed by atoms with Gasteiger partial charge >= 0.3 is 0 Å². The van der Waals surface area contributed by atoms with Crippen LogP contribution in [0.4, 0.5) is 0 Å². The Morgan fingerprint density at radius 3 is 2.78 bits per heavy atom. The summed E-state index contributed by atoms with van der Waals surface area (Å²) in [5.41, 5.74) is 3.13. The van der Waals surface area contributed by atoms with Gasteiger partial charge in [0.15, 0.2) is 0 Å². The highest BCUT2D eigenvalue weighted by atomic mass is 16.2. The maximum atomic E-state index is 11.8. The SMILES string of the molecule is Cc1nn(CC(=O)NCc2ncc[nH]2)c(C)c1C. The van der Waals surface area contributed by atoms with Crippen molar-refractivity contribution in [1.82, 2.24) is 25.1 Å². The van der Waals surface area contributed by atoms with Crippen molar-refractivity contribution in [2.75, 3.05) is 0 Å². The number of aryl methyl sites for hydroxylation is 1. The molecule has 6 nitrogen and oxygen atoms in total. The Kier molecular flexibility index (Phi) is 3.45. The highest BCUT2D eigenvalue weighted by Gasteiger charge is 2.10. The Labute approximate surface area is 105 Å². The van der Waals surface area contributed by atoms with Gasteiger partial charge in [-0.3, -0.25) is 9.48 Å². The van der Waals surface area contributed by atoms with Crippen LogP contribution in [0, 0.1) is 20.8 Å². The predicted octanol–water partition coefficient (Wildman–Crippen LogP) is 0.848. The molecule has 1 amide bonds. The van der Waals surface area contributed by atoms with Crippen LogP contribution in [0.1, 0.15) is 22.8 Å². The summed E-state index contributed by atoms with van der Waals surface area (Å²) in [5, 5.41) is 7.12. The number of aromatic nitrogens is 4. The lowest BCUT2D eigenvalue weighted by molar-refractivity contribution is -0.122. The number of imidazole rings is 1. The second-order valence-electron chi connectivity index (χ2n) is 4.27. The molecule has 0 aromatic carbocycles. The summed E-state index contributed by atoms with van der Waals surface area (Å²) >= 11 is 0. The summed E-state index contributed by atoms with van der Waals surface area (Å²) in [7, 11) is 0. The molecular formula is C12H17N5O. The molecule has 0 saturated carbocycles. The number of hydrogen-bond donors (Lipinski definition) is 2. The topological polar surface area (TPSA) is 75.6 Å². The molecule has 0 radical (unpaired) electrons. The minimum absolute atomic E-state index is 0.0722. The lowest BCUT2D eigenvalue weighted by Crippen LogP contribution is -2.28. The minimum atomic E-state index is -0.0722. The zero-order chi connectivity index (χ0) is 13.1. The number of nitrogens with one attached hydrogen (secondary N) is 2. The number of hydrogen-bond acceptors (Lipinski definition) is 3. The first kappa shape index (κ1) is 12.3. The fourth-order valence-electron chi connectivity index (χ4n) is 1.71. The Morgan fingerprint density at radius 1 is 1.44 bits per heavy atom. The summed E-state index contributed by atoms with van der Waals surface area (Å²) < 4.78 is 1.72. The van der Waals surface area contributed by atoms with Crippen LogP contribution in [0.5, 0.6) is 0 Å². The monoisotopic (exact) mass is 247 g/mol. The Morgan fingerprint density at radius 2 is 2.22 bits per heavy atom. The molecule has 2 N–H and O–H groups in total. The van der Waals surface area contributed by atoms with Crippen LogP contribution < -0.4 is 5.32 Å². The number of aromatic amines is 1. The first-order valence-electron chi connectivity index (χ1n) is 5.83. The zero-order valence-corrected chi connectivity index (χ0v) is 10.8. The predicted molar refractivity (Wildman–Crippen MR) is 66.9 cm³/mol. The van der Waals surface area contributed by atoms with Crippen molar-refractivity contribution >= 4 is 5.91 Å². The summed E-state index contributed by atoms with van der Waals surface area (Å²) in [6.07, 6.45) is 3.39. The number of carbonyl (C=O) groups is 1. The van der Waals surface area contributed by atoms with Gasteiger partial charge in [0.05, 0.1) is 12.2 Å². The van der Waals surface area contributed by atoms with E-state index in [1.54, 1.807) is 17.1 Å². The van der Waals surface area contributed by atoms with E-state index >= 15 is 0 Å². The highest BCUT2D eigenvalue weighted by Crippen LogP contribution is 2.10. The van der Waals surface area contributed by atoms with E-state index < -0.39 is 0 Å². The van der Waals surface area contributed by atoms with Crippen LogP contribution in [-0.4, -0.2) is 25.7 Å². The maximum Gasteiger partial charge on any atom is 0.242 e. The van der Waals surface area contributed by atoms with E-state index in [1.807, 2.05) is 20.8 Å². The van der Waals surface area contributed by atoms with E-state index in [2.05, 4.69) is 20.4 Å². The van der Waals surface area contributed by atoms with Crippen molar-refractivity contribution in [2.45, 2.75) is 33.9 Å². The minimum Gasteiger partial charge on any atom is -0.347 e. The van der Waals surface area contributed by atoms with Gasteiger partial charge in [0.25, 0.3) is 0 Å². The Hall–Kier alpha value is -2.11. The van der Waals surface area contributed by atoms with E-state index in [9.17, 15) is 4.79 Å². The van der Waals surface area contributed by atoms with Crippen LogP contribution in [0.3, 0.4) is 0 Å². The van der Waals surface area contributed by atoms with Crippen molar-refractivity contribution in [3.8, 4) is 0 Å². The van der Waals surface area contributed by atoms with E-state index in [-0.39, 0.29) is 12.5 Å². The van der Waals surface area contributed by atoms with Gasteiger partial charge in [0, 0.05) is 18.1 Å². The molecule has 2 aromatic rings. The fourth-order valence-corrected chi connectivity index (χ4v) is 1.71. The lowest BCUT2D eigenvalue weighted by Gasteiger charge is -2.05. The summed E-state index contributed by atoms with van der Waals surface area (Å²) in [4.78, 5) is 18.7. The smallest absolute Gasteiger partial charge is 0.242 e. The molecule has 0 aliphatic heterocycles. The van der Waals surface area contributed by atoms with E-state index in [0.717, 1.165) is 22.8 Å². The first-order chi connectivity index (χ1) is 8.58. The van der Waals surface area contributed by atoms with Gasteiger partial charge in [-0.05, 0) is 26.3 Å². The Balaban J connectivity index is 1.93. The second-order valence-corrected chi connectivity index (χ2v) is 4.27. The van der Waals surface area contributed by atoms with Crippen molar-refractivity contribution in [1.29, 1.82) is 0 Å². The molecule has 2 rings (SSSR count). The van der Waals surface area contributed by atoms with Gasteiger partial charge < -0.3 is 10.3 Å². The first-order valence-corrected chi connectivity index (χ1v) is 5.83. The number of carbonyl (C=O) groups excluding carboxylic acids is 1. The van der Waals surface area contributed by atoms with E-state index in [0.29, 0.717) is 6.54 Å². The third kappa shape index (κ3) is 2.58.